The Bertz CT molecular complexity index is 439. The Morgan fingerprint density at radius 3 is 2.14 bits per heavy atom. The molecule has 0 aliphatic heterocycles. The summed E-state index contributed by atoms with van der Waals surface area (Å²) in [5.41, 5.74) is 0. The second-order valence-electron chi connectivity index (χ2n) is 2.26. The van der Waals surface area contributed by atoms with E-state index in [9.17, 15) is 14.2 Å². The lowest BCUT2D eigenvalue weighted by Gasteiger charge is -2.12. The average molecular weight is 259 g/mol. The third-order valence-corrected chi connectivity index (χ3v) is 3.68. The van der Waals surface area contributed by atoms with Crippen LogP contribution < -0.4 is 9.75 Å². The minimum atomic E-state index is -4.69. The summed E-state index contributed by atoms with van der Waals surface area (Å²) in [6.45, 7) is 1.21. The van der Waals surface area contributed by atoms with Crippen molar-refractivity contribution in [2.75, 3.05) is 0 Å². The molecule has 0 amide bonds. The number of aromatic nitrogens is 1. The molecule has 0 spiro atoms. The van der Waals surface area contributed by atoms with E-state index in [-0.39, 0.29) is 0 Å². The van der Waals surface area contributed by atoms with Crippen LogP contribution in [0.2, 0.25) is 0 Å². The van der Waals surface area contributed by atoms with Gasteiger partial charge in [0.25, 0.3) is 0 Å². The molecule has 0 saturated heterocycles. The quantitative estimate of drug-likeness (QED) is 0.582. The van der Waals surface area contributed by atoms with Crippen LogP contribution in [0.5, 0.6) is 0 Å². The van der Waals surface area contributed by atoms with Crippen LogP contribution in [0.3, 0.4) is 0 Å². The average Bonchev–Trinajstić information content (AvgIpc) is 2.27. The first-order chi connectivity index (χ1) is 6.31. The molecular weight excluding hydrogens is 253 g/mol. The third-order valence-electron chi connectivity index (χ3n) is 1.23. The van der Waals surface area contributed by atoms with E-state index in [2.05, 4.69) is 4.52 Å². The van der Waals surface area contributed by atoms with Crippen LogP contribution in [-0.4, -0.2) is 14.4 Å². The van der Waals surface area contributed by atoms with Gasteiger partial charge in [0.05, 0.1) is 0 Å². The van der Waals surface area contributed by atoms with E-state index >= 15 is 0 Å². The van der Waals surface area contributed by atoms with Gasteiger partial charge in [0.15, 0.2) is 6.23 Å². The van der Waals surface area contributed by atoms with Crippen molar-refractivity contribution in [2.24, 2.45) is 0 Å². The molecule has 10 heteroatoms. The van der Waals surface area contributed by atoms with Crippen LogP contribution in [0, 0.1) is 0 Å². The number of phosphoric ester groups is 1. The fraction of sp³-hybridized carbons (Fsp3) is 0.500. The Labute approximate surface area is 84.8 Å². The summed E-state index contributed by atoms with van der Waals surface area (Å²) in [5, 5.41) is 0. The molecule has 0 aromatic carbocycles. The SMILES string of the molecule is CC(OP(=O)(O)O)n1c(=O)ssc1=O. The van der Waals surface area contributed by atoms with Crippen molar-refractivity contribution in [1.82, 2.24) is 4.57 Å². The second kappa shape index (κ2) is 4.05. The molecule has 1 heterocycles. The molecule has 0 radical (unpaired) electrons. The normalized spacial score (nSPS) is 14.2. The van der Waals surface area contributed by atoms with E-state index < -0.39 is 23.8 Å². The van der Waals surface area contributed by atoms with Crippen molar-refractivity contribution >= 4 is 28.5 Å². The maximum Gasteiger partial charge on any atom is 0.471 e. The highest BCUT2D eigenvalue weighted by Crippen LogP contribution is 2.39. The molecule has 1 unspecified atom stereocenters. The standard InChI is InChI=1S/C4H6NO6PS2/c1-2(11-12(8,9)10)5-3(6)13-14-4(5)7/h2H,1H3,(H2,8,9,10). The van der Waals surface area contributed by atoms with Crippen molar-refractivity contribution in [3.8, 4) is 0 Å². The summed E-state index contributed by atoms with van der Waals surface area (Å²) in [6, 6.07) is 0. The van der Waals surface area contributed by atoms with Gasteiger partial charge in [0.1, 0.15) is 0 Å². The zero-order valence-corrected chi connectivity index (χ0v) is 9.34. The number of nitrogens with zero attached hydrogens (tertiary/aromatic N) is 1. The van der Waals surface area contributed by atoms with E-state index in [0.29, 0.717) is 25.2 Å². The van der Waals surface area contributed by atoms with Gasteiger partial charge in [-0.3, -0.25) is 14.1 Å². The molecule has 0 fully saturated rings. The summed E-state index contributed by atoms with van der Waals surface area (Å²) in [7, 11) is -3.31. The zero-order valence-electron chi connectivity index (χ0n) is 6.82. The van der Waals surface area contributed by atoms with Gasteiger partial charge in [-0.15, -0.1) is 0 Å². The van der Waals surface area contributed by atoms with Gasteiger partial charge in [-0.25, -0.2) is 9.13 Å². The fourth-order valence-corrected chi connectivity index (χ4v) is 2.99. The summed E-state index contributed by atoms with van der Waals surface area (Å²) in [5.74, 6) is 0. The molecule has 1 rings (SSSR count). The molecule has 80 valence electrons. The van der Waals surface area contributed by atoms with Gasteiger partial charge < -0.3 is 9.79 Å². The lowest BCUT2D eigenvalue weighted by Crippen LogP contribution is -2.28. The molecule has 2 N–H and O–H groups in total. The highest BCUT2D eigenvalue weighted by molar-refractivity contribution is 7.67. The highest BCUT2D eigenvalue weighted by Gasteiger charge is 2.22. The van der Waals surface area contributed by atoms with Gasteiger partial charge in [-0.05, 0) is 27.6 Å². The Kier molecular flexibility index (Phi) is 3.40. The van der Waals surface area contributed by atoms with Crippen molar-refractivity contribution in [3.05, 3.63) is 19.3 Å². The third kappa shape index (κ3) is 2.84. The topological polar surface area (TPSA) is 106 Å². The molecule has 14 heavy (non-hydrogen) atoms. The summed E-state index contributed by atoms with van der Waals surface area (Å²) in [6.07, 6.45) is -1.27. The molecule has 1 aromatic heterocycles. The van der Waals surface area contributed by atoms with Crippen LogP contribution in [0.15, 0.2) is 9.59 Å². The molecular formula is C4H6NO6PS2. The van der Waals surface area contributed by atoms with Crippen molar-refractivity contribution < 1.29 is 18.9 Å². The van der Waals surface area contributed by atoms with E-state index in [1.165, 1.54) is 6.92 Å². The first-order valence-electron chi connectivity index (χ1n) is 3.27. The van der Waals surface area contributed by atoms with Gasteiger partial charge >= 0.3 is 17.6 Å². The molecule has 0 aliphatic carbocycles. The number of phosphoric acid groups is 1. The van der Waals surface area contributed by atoms with Gasteiger partial charge in [0, 0.05) is 0 Å². The minimum absolute atomic E-state index is 0.596. The van der Waals surface area contributed by atoms with Crippen molar-refractivity contribution in [3.63, 3.8) is 0 Å². The summed E-state index contributed by atoms with van der Waals surface area (Å²) in [4.78, 5) is 37.8. The zero-order chi connectivity index (χ0) is 10.9. The van der Waals surface area contributed by atoms with Crippen LogP contribution in [0.25, 0.3) is 0 Å². The largest absolute Gasteiger partial charge is 0.471 e. The predicted molar refractivity (Wildman–Crippen MR) is 50.6 cm³/mol. The second-order valence-corrected chi connectivity index (χ2v) is 5.49. The fourth-order valence-electron chi connectivity index (χ4n) is 0.769. The van der Waals surface area contributed by atoms with Crippen LogP contribution >= 0.6 is 28.5 Å². The van der Waals surface area contributed by atoms with Gasteiger partial charge in [-0.1, -0.05) is 0 Å². The molecule has 1 atom stereocenters. The molecule has 0 saturated carbocycles. The van der Waals surface area contributed by atoms with E-state index in [1.807, 2.05) is 0 Å². The van der Waals surface area contributed by atoms with E-state index in [0.717, 1.165) is 0 Å². The Morgan fingerprint density at radius 1 is 1.36 bits per heavy atom. The van der Waals surface area contributed by atoms with E-state index in [1.54, 1.807) is 0 Å². The first-order valence-corrected chi connectivity index (χ1v) is 6.95. The molecule has 1 aromatic rings. The smallest absolute Gasteiger partial charge is 0.303 e. The van der Waals surface area contributed by atoms with Crippen molar-refractivity contribution in [1.29, 1.82) is 0 Å². The molecule has 7 nitrogen and oxygen atoms in total. The Balaban J connectivity index is 3.02. The lowest BCUT2D eigenvalue weighted by molar-refractivity contribution is 0.0948. The van der Waals surface area contributed by atoms with Gasteiger partial charge in [-0.2, -0.15) is 0 Å². The monoisotopic (exact) mass is 259 g/mol. The van der Waals surface area contributed by atoms with Gasteiger partial charge in [0.2, 0.25) is 0 Å². The summed E-state index contributed by atoms with van der Waals surface area (Å²) < 4.78 is 15.3. The maximum absolute atomic E-state index is 11.0. The highest BCUT2D eigenvalue weighted by atomic mass is 32.9. The maximum atomic E-state index is 11.0. The molecule has 0 bridgehead atoms. The number of rotatable bonds is 3. The number of hydrogen-bond donors (Lipinski definition) is 2. The van der Waals surface area contributed by atoms with Crippen LogP contribution in [0.1, 0.15) is 13.2 Å². The Morgan fingerprint density at radius 2 is 1.79 bits per heavy atom. The summed E-state index contributed by atoms with van der Waals surface area (Å²) >= 11 is 0. The Hall–Kier alpha value is -0.310. The minimum Gasteiger partial charge on any atom is -0.303 e. The molecule has 0 aliphatic rings. The van der Waals surface area contributed by atoms with Crippen LogP contribution in [-0.2, 0) is 9.09 Å². The first kappa shape index (κ1) is 11.8. The van der Waals surface area contributed by atoms with E-state index in [4.69, 9.17) is 9.79 Å². The van der Waals surface area contributed by atoms with Crippen molar-refractivity contribution in [2.45, 2.75) is 13.2 Å². The predicted octanol–water partition coefficient (Wildman–Crippen LogP) is -0.0407. The number of hydrogen-bond acceptors (Lipinski definition) is 6. The van der Waals surface area contributed by atoms with Crippen LogP contribution in [0.4, 0.5) is 0 Å². The lowest BCUT2D eigenvalue weighted by atomic mass is 10.7.